The Morgan fingerprint density at radius 1 is 1.00 bits per heavy atom. The van der Waals surface area contributed by atoms with Crippen LogP contribution < -0.4 is 40.0 Å². The zero-order chi connectivity index (χ0) is 13.1. The van der Waals surface area contributed by atoms with Gasteiger partial charge in [0.25, 0.3) is 0 Å². The van der Waals surface area contributed by atoms with Crippen LogP contribution in [0.25, 0.3) is 0 Å². The standard InChI is InChI=1S/C13H9Cl2NO2.Na/c14-9-5-3-6-10(15)12(9)16-11-7-2-1-4-8(11)13(17)18;/h1-7,16H,(H,17,18);/q;+1/p-1. The molecule has 0 saturated carbocycles. The molecule has 19 heavy (non-hydrogen) atoms. The summed E-state index contributed by atoms with van der Waals surface area (Å²) in [4.78, 5) is 11.0. The number of carboxylic acids is 1. The molecule has 92 valence electrons. The third-order valence-electron chi connectivity index (χ3n) is 2.37. The molecule has 0 aliphatic rings. The summed E-state index contributed by atoms with van der Waals surface area (Å²) in [5, 5.41) is 14.7. The van der Waals surface area contributed by atoms with Gasteiger partial charge in [0, 0.05) is 11.3 Å². The van der Waals surface area contributed by atoms with Crippen LogP contribution in [0.5, 0.6) is 0 Å². The molecule has 2 aromatic carbocycles. The molecule has 0 fully saturated rings. The maximum atomic E-state index is 11.0. The van der Waals surface area contributed by atoms with Gasteiger partial charge in [-0.25, -0.2) is 0 Å². The van der Waals surface area contributed by atoms with Crippen molar-refractivity contribution in [3.63, 3.8) is 0 Å². The minimum absolute atomic E-state index is 0. The molecule has 0 heterocycles. The molecule has 0 spiro atoms. The Morgan fingerprint density at radius 3 is 2.16 bits per heavy atom. The molecule has 2 rings (SSSR count). The van der Waals surface area contributed by atoms with Crippen molar-refractivity contribution >= 4 is 40.5 Å². The molecule has 0 unspecified atom stereocenters. The number of halogens is 2. The minimum atomic E-state index is -1.26. The molecule has 0 atom stereocenters. The van der Waals surface area contributed by atoms with Crippen molar-refractivity contribution in [3.05, 3.63) is 58.1 Å². The normalized spacial score (nSPS) is 9.58. The Hall–Kier alpha value is -0.710. The maximum Gasteiger partial charge on any atom is 1.00 e. The average molecular weight is 304 g/mol. The maximum absolute atomic E-state index is 11.0. The molecular weight excluding hydrogens is 296 g/mol. The van der Waals surface area contributed by atoms with Gasteiger partial charge in [0.05, 0.1) is 21.7 Å². The van der Waals surface area contributed by atoms with E-state index in [-0.39, 0.29) is 35.1 Å². The van der Waals surface area contributed by atoms with Crippen LogP contribution in [0.2, 0.25) is 10.0 Å². The first kappa shape index (κ1) is 16.3. The van der Waals surface area contributed by atoms with Crippen molar-refractivity contribution in [2.75, 3.05) is 5.32 Å². The number of carboxylic acid groups (broad SMARTS) is 1. The second-order valence-electron chi connectivity index (χ2n) is 3.55. The van der Waals surface area contributed by atoms with Crippen LogP contribution >= 0.6 is 23.2 Å². The quantitative estimate of drug-likeness (QED) is 0.819. The van der Waals surface area contributed by atoms with Gasteiger partial charge in [0.1, 0.15) is 0 Å². The largest absolute Gasteiger partial charge is 1.00 e. The summed E-state index contributed by atoms with van der Waals surface area (Å²) in [5.41, 5.74) is 0.899. The fraction of sp³-hybridized carbons (Fsp3) is 0. The number of carbonyl (C=O) groups is 1. The molecule has 0 aromatic heterocycles. The number of para-hydroxylation sites is 2. The van der Waals surface area contributed by atoms with Crippen LogP contribution in [-0.2, 0) is 0 Å². The monoisotopic (exact) mass is 303 g/mol. The second kappa shape index (κ2) is 7.17. The molecule has 2 aromatic rings. The minimum Gasteiger partial charge on any atom is -0.545 e. The Morgan fingerprint density at radius 2 is 1.58 bits per heavy atom. The first-order valence-corrected chi connectivity index (χ1v) is 5.86. The van der Waals surface area contributed by atoms with Gasteiger partial charge in [0.15, 0.2) is 0 Å². The van der Waals surface area contributed by atoms with E-state index in [1.54, 1.807) is 36.4 Å². The summed E-state index contributed by atoms with van der Waals surface area (Å²) in [6.07, 6.45) is 0. The number of hydrogen-bond donors (Lipinski definition) is 1. The predicted molar refractivity (Wildman–Crippen MR) is 70.5 cm³/mol. The number of hydrogen-bond acceptors (Lipinski definition) is 3. The van der Waals surface area contributed by atoms with E-state index in [2.05, 4.69) is 5.32 Å². The SMILES string of the molecule is O=C([O-])c1ccccc1Nc1c(Cl)cccc1Cl.[Na+]. The van der Waals surface area contributed by atoms with Gasteiger partial charge >= 0.3 is 29.6 Å². The van der Waals surface area contributed by atoms with Crippen molar-refractivity contribution in [2.24, 2.45) is 0 Å². The number of anilines is 2. The number of benzene rings is 2. The van der Waals surface area contributed by atoms with Crippen LogP contribution in [0.4, 0.5) is 11.4 Å². The molecular formula is C13H8Cl2NNaO2. The van der Waals surface area contributed by atoms with E-state index in [1.165, 1.54) is 6.07 Å². The fourth-order valence-corrected chi connectivity index (χ4v) is 2.01. The summed E-state index contributed by atoms with van der Waals surface area (Å²) >= 11 is 12.0. The zero-order valence-corrected chi connectivity index (χ0v) is 13.6. The van der Waals surface area contributed by atoms with Gasteiger partial charge in [-0.3, -0.25) is 0 Å². The summed E-state index contributed by atoms with van der Waals surface area (Å²) in [7, 11) is 0. The van der Waals surface area contributed by atoms with Gasteiger partial charge in [-0.15, -0.1) is 0 Å². The Bertz CT molecular complexity index is 585. The van der Waals surface area contributed by atoms with Crippen molar-refractivity contribution < 1.29 is 39.5 Å². The van der Waals surface area contributed by atoms with Crippen molar-refractivity contribution in [3.8, 4) is 0 Å². The van der Waals surface area contributed by atoms with Gasteiger partial charge in [0.2, 0.25) is 0 Å². The van der Waals surface area contributed by atoms with Crippen LogP contribution in [0, 0.1) is 0 Å². The number of carbonyl (C=O) groups excluding carboxylic acids is 1. The summed E-state index contributed by atoms with van der Waals surface area (Å²) < 4.78 is 0. The molecule has 1 N–H and O–H groups in total. The third-order valence-corrected chi connectivity index (χ3v) is 3.00. The van der Waals surface area contributed by atoms with Gasteiger partial charge < -0.3 is 15.2 Å². The molecule has 6 heteroatoms. The van der Waals surface area contributed by atoms with Crippen molar-refractivity contribution in [1.29, 1.82) is 0 Å². The van der Waals surface area contributed by atoms with Crippen LogP contribution in [0.15, 0.2) is 42.5 Å². The van der Waals surface area contributed by atoms with E-state index in [9.17, 15) is 9.90 Å². The summed E-state index contributed by atoms with van der Waals surface area (Å²) in [6, 6.07) is 11.4. The first-order valence-electron chi connectivity index (χ1n) is 5.11. The van der Waals surface area contributed by atoms with Gasteiger partial charge in [-0.1, -0.05) is 47.5 Å². The smallest absolute Gasteiger partial charge is 0.545 e. The van der Waals surface area contributed by atoms with E-state index < -0.39 is 5.97 Å². The molecule has 0 saturated heterocycles. The average Bonchev–Trinajstić information content (AvgIpc) is 2.34. The van der Waals surface area contributed by atoms with Crippen LogP contribution in [0.3, 0.4) is 0 Å². The Kier molecular flexibility index (Phi) is 6.17. The molecule has 0 bridgehead atoms. The van der Waals surface area contributed by atoms with Crippen LogP contribution in [0.1, 0.15) is 10.4 Å². The molecule has 0 aliphatic heterocycles. The van der Waals surface area contributed by atoms with Crippen molar-refractivity contribution in [1.82, 2.24) is 0 Å². The van der Waals surface area contributed by atoms with Gasteiger partial charge in [-0.2, -0.15) is 0 Å². The summed E-state index contributed by atoms with van der Waals surface area (Å²) in [5.74, 6) is -1.26. The first-order chi connectivity index (χ1) is 8.59. The molecule has 0 radical (unpaired) electrons. The zero-order valence-electron chi connectivity index (χ0n) is 10.1. The van der Waals surface area contributed by atoms with Crippen LogP contribution in [-0.4, -0.2) is 5.97 Å². The Balaban J connectivity index is 0.00000180. The Labute approximate surface area is 142 Å². The van der Waals surface area contributed by atoms with E-state index >= 15 is 0 Å². The van der Waals surface area contributed by atoms with E-state index in [0.717, 1.165) is 0 Å². The number of nitrogens with one attached hydrogen (secondary N) is 1. The molecule has 0 aliphatic carbocycles. The van der Waals surface area contributed by atoms with E-state index in [4.69, 9.17) is 23.2 Å². The van der Waals surface area contributed by atoms with Crippen molar-refractivity contribution in [2.45, 2.75) is 0 Å². The second-order valence-corrected chi connectivity index (χ2v) is 4.37. The van der Waals surface area contributed by atoms with E-state index in [1.807, 2.05) is 0 Å². The predicted octanol–water partition coefficient (Wildman–Crippen LogP) is 0.104. The topological polar surface area (TPSA) is 52.2 Å². The molecule has 0 amide bonds. The van der Waals surface area contributed by atoms with Gasteiger partial charge in [-0.05, 0) is 18.2 Å². The number of rotatable bonds is 3. The number of aromatic carboxylic acids is 1. The fourth-order valence-electron chi connectivity index (χ4n) is 1.52. The third kappa shape index (κ3) is 3.88. The summed E-state index contributed by atoms with van der Waals surface area (Å²) in [6.45, 7) is 0. The molecule has 3 nitrogen and oxygen atoms in total. The van der Waals surface area contributed by atoms with E-state index in [0.29, 0.717) is 21.4 Å².